The molecule has 11 nitrogen and oxygen atoms in total. The zero-order valence-electron chi connectivity index (χ0n) is 23.0. The van der Waals surface area contributed by atoms with E-state index in [1.807, 2.05) is 6.92 Å². The third-order valence-corrected chi connectivity index (χ3v) is 6.49. The van der Waals surface area contributed by atoms with Gasteiger partial charge in [0.25, 0.3) is 0 Å². The number of carbonyl (C=O) groups is 3. The van der Waals surface area contributed by atoms with E-state index in [0.717, 1.165) is 64.2 Å². The largest absolute Gasteiger partial charge is 0.480 e. The van der Waals surface area contributed by atoms with Crippen LogP contribution in [0, 0.1) is 0 Å². The lowest BCUT2D eigenvalue weighted by Crippen LogP contribution is -2.43. The van der Waals surface area contributed by atoms with Crippen LogP contribution in [0.2, 0.25) is 0 Å². The highest BCUT2D eigenvalue weighted by Crippen LogP contribution is 2.43. The lowest BCUT2D eigenvalue weighted by Gasteiger charge is -2.18. The molecule has 0 aromatic heterocycles. The van der Waals surface area contributed by atoms with Gasteiger partial charge in [-0.2, -0.15) is 0 Å². The van der Waals surface area contributed by atoms with E-state index >= 15 is 0 Å². The number of aliphatic hydroxyl groups excluding tert-OH is 1. The van der Waals surface area contributed by atoms with Gasteiger partial charge in [0, 0.05) is 12.8 Å². The number of hydrogen-bond acceptors (Lipinski definition) is 8. The fraction of sp³-hybridized carbons (Fsp3) is 0.808. The van der Waals surface area contributed by atoms with Gasteiger partial charge in [0.05, 0.1) is 13.2 Å². The first-order chi connectivity index (χ1) is 18.1. The topological polar surface area (TPSA) is 169 Å². The number of nitrogens with one attached hydrogen (secondary N) is 1. The number of aliphatic hydroxyl groups is 1. The number of carboxylic acids is 1. The maximum atomic E-state index is 12.0. The van der Waals surface area contributed by atoms with Crippen molar-refractivity contribution in [3.05, 3.63) is 12.2 Å². The molecule has 1 amide bonds. The van der Waals surface area contributed by atoms with Crippen molar-refractivity contribution in [2.75, 3.05) is 19.8 Å². The first-order valence-corrected chi connectivity index (χ1v) is 15.2. The number of allylic oxidation sites excluding steroid dienone is 2. The Morgan fingerprint density at radius 2 is 1.42 bits per heavy atom. The van der Waals surface area contributed by atoms with Crippen molar-refractivity contribution in [1.29, 1.82) is 0 Å². The standard InChI is InChI=1S/C26H48NO10P/c1-3-5-7-9-10-11-12-13-14-16-18-25(30)35-19-22(28)20-36-38(33,34)37-21-23(26(31)32)27-24(29)17-15-8-6-4-2/h7,9,22-23,28H,3-6,8,10-21H2,1-2H3,(H,27,29)(H,31,32)(H,33,34)/b9-7-. The first kappa shape index (κ1) is 36.2. The second-order valence-corrected chi connectivity index (χ2v) is 10.7. The minimum absolute atomic E-state index is 0.138. The Kier molecular flexibility index (Phi) is 22.1. The molecule has 0 aromatic rings. The summed E-state index contributed by atoms with van der Waals surface area (Å²) < 4.78 is 26.3. The molecule has 0 aliphatic rings. The minimum Gasteiger partial charge on any atom is -0.480 e. The number of aliphatic carboxylic acids is 1. The highest BCUT2D eigenvalue weighted by Gasteiger charge is 2.28. The van der Waals surface area contributed by atoms with Crippen molar-refractivity contribution in [2.45, 2.75) is 116 Å². The highest BCUT2D eigenvalue weighted by molar-refractivity contribution is 7.47. The van der Waals surface area contributed by atoms with Crippen LogP contribution in [0.1, 0.15) is 104 Å². The van der Waals surface area contributed by atoms with Gasteiger partial charge in [-0.1, -0.05) is 70.9 Å². The predicted octanol–water partition coefficient (Wildman–Crippen LogP) is 4.65. The van der Waals surface area contributed by atoms with E-state index in [2.05, 4.69) is 33.4 Å². The number of phosphoric acid groups is 1. The lowest BCUT2D eigenvalue weighted by molar-refractivity contribution is -0.147. The third-order valence-electron chi connectivity index (χ3n) is 5.54. The summed E-state index contributed by atoms with van der Waals surface area (Å²) in [4.78, 5) is 44.8. The molecule has 0 aliphatic heterocycles. The average Bonchev–Trinajstić information content (AvgIpc) is 2.87. The van der Waals surface area contributed by atoms with E-state index < -0.39 is 57.6 Å². The van der Waals surface area contributed by atoms with Crippen LogP contribution >= 0.6 is 7.82 Å². The summed E-state index contributed by atoms with van der Waals surface area (Å²) in [6.07, 6.45) is 15.0. The van der Waals surface area contributed by atoms with E-state index in [1.54, 1.807) is 0 Å². The molecule has 0 saturated carbocycles. The molecular formula is C26H48NO10P. The summed E-state index contributed by atoms with van der Waals surface area (Å²) in [6, 6.07) is -1.54. The predicted molar refractivity (Wildman–Crippen MR) is 143 cm³/mol. The van der Waals surface area contributed by atoms with E-state index in [9.17, 15) is 34.1 Å². The minimum atomic E-state index is -4.72. The van der Waals surface area contributed by atoms with Gasteiger partial charge in [0.2, 0.25) is 5.91 Å². The van der Waals surface area contributed by atoms with Crippen LogP contribution in [-0.2, 0) is 32.7 Å². The molecule has 0 saturated heterocycles. The van der Waals surface area contributed by atoms with Gasteiger partial charge in [-0.15, -0.1) is 0 Å². The molecule has 3 atom stereocenters. The van der Waals surface area contributed by atoms with E-state index in [1.165, 1.54) is 0 Å². The van der Waals surface area contributed by atoms with Crippen LogP contribution in [0.25, 0.3) is 0 Å². The molecule has 0 aromatic carbocycles. The van der Waals surface area contributed by atoms with Crippen LogP contribution in [0.5, 0.6) is 0 Å². The molecule has 0 fully saturated rings. The van der Waals surface area contributed by atoms with Gasteiger partial charge >= 0.3 is 19.8 Å². The molecule has 0 rings (SSSR count). The molecule has 12 heteroatoms. The van der Waals surface area contributed by atoms with E-state index in [-0.39, 0.29) is 12.8 Å². The number of esters is 1. The van der Waals surface area contributed by atoms with Crippen LogP contribution < -0.4 is 5.32 Å². The van der Waals surface area contributed by atoms with Gasteiger partial charge in [-0.3, -0.25) is 18.6 Å². The van der Waals surface area contributed by atoms with E-state index in [4.69, 9.17) is 4.74 Å². The normalized spacial score (nSPS) is 14.6. The number of unbranched alkanes of at least 4 members (excludes halogenated alkanes) is 9. The Hall–Kier alpha value is -1.78. The van der Waals surface area contributed by atoms with Crippen molar-refractivity contribution >= 4 is 25.7 Å². The summed E-state index contributed by atoms with van der Waals surface area (Å²) in [5.41, 5.74) is 0. The number of carbonyl (C=O) groups excluding carboxylic acids is 2. The number of ether oxygens (including phenoxy) is 1. The highest BCUT2D eigenvalue weighted by atomic mass is 31.2. The second-order valence-electron chi connectivity index (χ2n) is 9.23. The Labute approximate surface area is 226 Å². The second kappa shape index (κ2) is 23.1. The summed E-state index contributed by atoms with van der Waals surface area (Å²) in [5.74, 6) is -2.42. The van der Waals surface area contributed by atoms with Crippen molar-refractivity contribution < 1.29 is 47.8 Å². The monoisotopic (exact) mass is 565 g/mol. The zero-order valence-corrected chi connectivity index (χ0v) is 23.9. The number of amides is 1. The number of carboxylic acid groups (broad SMARTS) is 1. The maximum Gasteiger partial charge on any atom is 0.472 e. The number of hydrogen-bond donors (Lipinski definition) is 4. The summed E-state index contributed by atoms with van der Waals surface area (Å²) in [7, 11) is -4.72. The molecule has 0 bridgehead atoms. The summed E-state index contributed by atoms with van der Waals surface area (Å²) in [6.45, 7) is 2.28. The number of rotatable bonds is 25. The summed E-state index contributed by atoms with van der Waals surface area (Å²) in [5, 5.41) is 21.3. The van der Waals surface area contributed by atoms with Crippen LogP contribution in [0.3, 0.4) is 0 Å². The van der Waals surface area contributed by atoms with Crippen molar-refractivity contribution in [1.82, 2.24) is 5.32 Å². The third kappa shape index (κ3) is 22.2. The average molecular weight is 566 g/mol. The van der Waals surface area contributed by atoms with Gasteiger partial charge in [0.1, 0.15) is 12.7 Å². The van der Waals surface area contributed by atoms with Crippen molar-refractivity contribution in [3.8, 4) is 0 Å². The first-order valence-electron chi connectivity index (χ1n) is 13.7. The van der Waals surface area contributed by atoms with Gasteiger partial charge in [-0.05, 0) is 32.1 Å². The van der Waals surface area contributed by atoms with Crippen LogP contribution in [-0.4, -0.2) is 64.9 Å². The molecule has 222 valence electrons. The van der Waals surface area contributed by atoms with Gasteiger partial charge in [-0.25, -0.2) is 9.36 Å². The van der Waals surface area contributed by atoms with Gasteiger partial charge < -0.3 is 25.2 Å². The quantitative estimate of drug-likeness (QED) is 0.0529. The molecule has 4 N–H and O–H groups in total. The molecule has 0 aliphatic carbocycles. The fourth-order valence-electron chi connectivity index (χ4n) is 3.31. The Morgan fingerprint density at radius 3 is 2.11 bits per heavy atom. The Balaban J connectivity index is 4.07. The molecule has 3 unspecified atom stereocenters. The number of phosphoric ester groups is 1. The van der Waals surface area contributed by atoms with Crippen molar-refractivity contribution in [2.24, 2.45) is 0 Å². The fourth-order valence-corrected chi connectivity index (χ4v) is 4.09. The molecule has 38 heavy (non-hydrogen) atoms. The zero-order chi connectivity index (χ0) is 28.7. The van der Waals surface area contributed by atoms with Crippen LogP contribution in [0.4, 0.5) is 0 Å². The van der Waals surface area contributed by atoms with Gasteiger partial charge in [0.15, 0.2) is 6.04 Å². The van der Waals surface area contributed by atoms with E-state index in [0.29, 0.717) is 12.8 Å². The Morgan fingerprint density at radius 1 is 0.816 bits per heavy atom. The summed E-state index contributed by atoms with van der Waals surface area (Å²) >= 11 is 0. The molecule has 0 spiro atoms. The van der Waals surface area contributed by atoms with Crippen molar-refractivity contribution in [3.63, 3.8) is 0 Å². The lowest BCUT2D eigenvalue weighted by atomic mass is 10.1. The SMILES string of the molecule is CCC/C=C\CCCCCCCC(=O)OCC(O)COP(=O)(O)OCC(NC(=O)CCCCCC)C(=O)O. The Bertz CT molecular complexity index is 731. The molecule has 0 radical (unpaired) electrons. The smallest absolute Gasteiger partial charge is 0.472 e. The maximum absolute atomic E-state index is 12.0. The van der Waals surface area contributed by atoms with Crippen LogP contribution in [0.15, 0.2) is 12.2 Å². The molecule has 0 heterocycles. The molecular weight excluding hydrogens is 517 g/mol.